The monoisotopic (exact) mass is 394 g/mol. The van der Waals surface area contributed by atoms with Crippen LogP contribution in [0, 0.1) is 17.5 Å². The van der Waals surface area contributed by atoms with Gasteiger partial charge in [0.05, 0.1) is 15.4 Å². The Bertz CT molecular complexity index is 1030. The average Bonchev–Trinajstić information content (AvgIpc) is 3.04. The minimum atomic E-state index is -1.27. The predicted octanol–water partition coefficient (Wildman–Crippen LogP) is 4.75. The van der Waals surface area contributed by atoms with E-state index in [1.54, 1.807) is 6.07 Å². The van der Waals surface area contributed by atoms with E-state index in [0.29, 0.717) is 35.4 Å². The minimum Gasteiger partial charge on any atom is -0.425 e. The Morgan fingerprint density at radius 1 is 1.07 bits per heavy atom. The molecule has 1 aromatic carbocycles. The van der Waals surface area contributed by atoms with Crippen LogP contribution in [0.2, 0.25) is 0 Å². The summed E-state index contributed by atoms with van der Waals surface area (Å²) in [5.74, 6) is -3.37. The molecule has 0 N–H and O–H groups in total. The van der Waals surface area contributed by atoms with Crippen LogP contribution in [-0.2, 0) is 24.1 Å². The summed E-state index contributed by atoms with van der Waals surface area (Å²) in [5, 5.41) is 0.419. The molecule has 0 aliphatic heterocycles. The zero-order chi connectivity index (χ0) is 19.7. The normalized spacial score (nSPS) is 11.2. The van der Waals surface area contributed by atoms with Crippen LogP contribution in [0.15, 0.2) is 12.1 Å². The molecule has 8 heteroatoms. The molecule has 27 heavy (non-hydrogen) atoms. The molecule has 0 saturated carbocycles. The summed E-state index contributed by atoms with van der Waals surface area (Å²) in [7, 11) is 0. The maximum Gasteiger partial charge on any atom is 0.308 e. The van der Waals surface area contributed by atoms with Crippen molar-refractivity contribution in [2.24, 2.45) is 0 Å². The van der Waals surface area contributed by atoms with Crippen molar-refractivity contribution in [3.05, 3.63) is 51.5 Å². The molecule has 0 fully saturated rings. The number of fused-ring (bicyclic) bond motifs is 1. The molecule has 0 spiro atoms. The van der Waals surface area contributed by atoms with Gasteiger partial charge in [0.15, 0.2) is 17.4 Å². The first kappa shape index (κ1) is 19.3. The third-order valence-electron chi connectivity index (χ3n) is 4.05. The summed E-state index contributed by atoms with van der Waals surface area (Å²) in [6.45, 7) is 5.15. The second-order valence-electron chi connectivity index (χ2n) is 5.96. The number of thiazole rings is 1. The predicted molar refractivity (Wildman–Crippen MR) is 96.6 cm³/mol. The molecule has 2 aromatic heterocycles. The Morgan fingerprint density at radius 2 is 1.78 bits per heavy atom. The molecule has 2 heterocycles. The summed E-state index contributed by atoms with van der Waals surface area (Å²) in [6, 6.07) is 2.24. The fraction of sp³-hybridized carbons (Fsp3) is 0.316. The quantitative estimate of drug-likeness (QED) is 0.463. The Kier molecular flexibility index (Phi) is 5.46. The molecule has 4 nitrogen and oxygen atoms in total. The molecule has 0 saturated heterocycles. The number of ether oxygens (including phenoxy) is 1. The average molecular weight is 394 g/mol. The largest absolute Gasteiger partial charge is 0.425 e. The Hall–Kier alpha value is -2.48. The van der Waals surface area contributed by atoms with Crippen molar-refractivity contribution in [1.29, 1.82) is 0 Å². The maximum absolute atomic E-state index is 13.9. The molecule has 3 aromatic rings. The number of carbonyl (C=O) groups is 1. The number of benzene rings is 1. The summed E-state index contributed by atoms with van der Waals surface area (Å²) in [4.78, 5) is 20.0. The third kappa shape index (κ3) is 3.80. The highest BCUT2D eigenvalue weighted by Crippen LogP contribution is 2.31. The van der Waals surface area contributed by atoms with Crippen LogP contribution in [0.4, 0.5) is 13.2 Å². The standard InChI is InChI=1S/C19H17F3N2O2S/c1-4-13-10(6-15(26-9(3)25)14(5-2)23-13)7-16-24-18-17(22)11(20)8-12(21)19(18)27-16/h6,8H,4-5,7H2,1-3H3. The summed E-state index contributed by atoms with van der Waals surface area (Å²) in [5.41, 5.74) is 1.87. The van der Waals surface area contributed by atoms with E-state index in [0.717, 1.165) is 22.6 Å². The van der Waals surface area contributed by atoms with Gasteiger partial charge in [0.2, 0.25) is 0 Å². The van der Waals surface area contributed by atoms with Crippen molar-refractivity contribution >= 4 is 27.5 Å². The van der Waals surface area contributed by atoms with E-state index in [1.165, 1.54) is 6.92 Å². The van der Waals surface area contributed by atoms with Crippen LogP contribution in [-0.4, -0.2) is 15.9 Å². The Morgan fingerprint density at radius 3 is 2.41 bits per heavy atom. The van der Waals surface area contributed by atoms with Crippen molar-refractivity contribution in [3.63, 3.8) is 0 Å². The molecule has 0 aliphatic rings. The highest BCUT2D eigenvalue weighted by Gasteiger charge is 2.19. The van der Waals surface area contributed by atoms with Crippen LogP contribution in [0.3, 0.4) is 0 Å². The first-order valence-electron chi connectivity index (χ1n) is 8.47. The Balaban J connectivity index is 2.06. The SMILES string of the molecule is CCc1nc(CC)c(OC(C)=O)cc1Cc1nc2c(F)c(F)cc(F)c2s1. The molecule has 0 bridgehead atoms. The highest BCUT2D eigenvalue weighted by atomic mass is 32.1. The lowest BCUT2D eigenvalue weighted by Gasteiger charge is -2.12. The Labute approximate surface area is 158 Å². The van der Waals surface area contributed by atoms with Crippen molar-refractivity contribution in [3.8, 4) is 5.75 Å². The van der Waals surface area contributed by atoms with Gasteiger partial charge < -0.3 is 4.74 Å². The zero-order valence-corrected chi connectivity index (χ0v) is 15.8. The lowest BCUT2D eigenvalue weighted by Crippen LogP contribution is -2.08. The van der Waals surface area contributed by atoms with Crippen LogP contribution in [0.25, 0.3) is 10.2 Å². The van der Waals surface area contributed by atoms with E-state index in [9.17, 15) is 18.0 Å². The van der Waals surface area contributed by atoms with Gasteiger partial charge in [-0.2, -0.15) is 0 Å². The van der Waals surface area contributed by atoms with Crippen LogP contribution >= 0.6 is 11.3 Å². The summed E-state index contributed by atoms with van der Waals surface area (Å²) < 4.78 is 46.5. The van der Waals surface area contributed by atoms with Crippen molar-refractivity contribution < 1.29 is 22.7 Å². The van der Waals surface area contributed by atoms with Crippen molar-refractivity contribution in [2.75, 3.05) is 0 Å². The first-order chi connectivity index (χ1) is 12.8. The topological polar surface area (TPSA) is 52.1 Å². The van der Waals surface area contributed by atoms with Gasteiger partial charge >= 0.3 is 5.97 Å². The van der Waals surface area contributed by atoms with Gasteiger partial charge in [-0.25, -0.2) is 18.2 Å². The fourth-order valence-electron chi connectivity index (χ4n) is 2.84. The molecule has 0 unspecified atom stereocenters. The van der Waals surface area contributed by atoms with Gasteiger partial charge in [0, 0.05) is 25.1 Å². The third-order valence-corrected chi connectivity index (χ3v) is 5.12. The molecular formula is C19H17F3N2O2S. The van der Waals surface area contributed by atoms with Gasteiger partial charge in [-0.15, -0.1) is 11.3 Å². The van der Waals surface area contributed by atoms with E-state index < -0.39 is 23.4 Å². The number of rotatable bonds is 5. The van der Waals surface area contributed by atoms with Gasteiger partial charge in [-0.05, 0) is 24.5 Å². The number of hydrogen-bond acceptors (Lipinski definition) is 5. The number of esters is 1. The molecule has 0 amide bonds. The smallest absolute Gasteiger partial charge is 0.308 e. The lowest BCUT2D eigenvalue weighted by molar-refractivity contribution is -0.131. The zero-order valence-electron chi connectivity index (χ0n) is 15.0. The number of carbonyl (C=O) groups excluding carboxylic acids is 1. The molecule has 0 radical (unpaired) electrons. The summed E-state index contributed by atoms with van der Waals surface area (Å²) in [6.07, 6.45) is 1.46. The highest BCUT2D eigenvalue weighted by molar-refractivity contribution is 7.18. The number of hydrogen-bond donors (Lipinski definition) is 0. The summed E-state index contributed by atoms with van der Waals surface area (Å²) >= 11 is 0.962. The van der Waals surface area contributed by atoms with Gasteiger partial charge in [0.25, 0.3) is 0 Å². The van der Waals surface area contributed by atoms with Gasteiger partial charge in [-0.1, -0.05) is 13.8 Å². The van der Waals surface area contributed by atoms with Crippen LogP contribution < -0.4 is 4.74 Å². The van der Waals surface area contributed by atoms with E-state index >= 15 is 0 Å². The van der Waals surface area contributed by atoms with Crippen LogP contribution in [0.1, 0.15) is 42.7 Å². The molecule has 0 atom stereocenters. The van der Waals surface area contributed by atoms with Gasteiger partial charge in [0.1, 0.15) is 11.3 Å². The van der Waals surface area contributed by atoms with E-state index in [1.807, 2.05) is 13.8 Å². The number of halogens is 3. The van der Waals surface area contributed by atoms with Crippen molar-refractivity contribution in [1.82, 2.24) is 9.97 Å². The first-order valence-corrected chi connectivity index (χ1v) is 9.28. The van der Waals surface area contributed by atoms with Crippen molar-refractivity contribution in [2.45, 2.75) is 40.0 Å². The second kappa shape index (κ2) is 7.64. The van der Waals surface area contributed by atoms with E-state index in [2.05, 4.69) is 9.97 Å². The lowest BCUT2D eigenvalue weighted by atomic mass is 10.1. The number of aryl methyl sites for hydroxylation is 2. The fourth-order valence-corrected chi connectivity index (χ4v) is 3.83. The molecule has 0 aliphatic carbocycles. The molecule has 142 valence electrons. The number of aromatic nitrogens is 2. The number of nitrogens with zero attached hydrogens (tertiary/aromatic N) is 2. The molecule has 3 rings (SSSR count). The number of pyridine rings is 1. The van der Waals surface area contributed by atoms with Crippen LogP contribution in [0.5, 0.6) is 5.75 Å². The van der Waals surface area contributed by atoms with E-state index in [-0.39, 0.29) is 16.6 Å². The second-order valence-corrected chi connectivity index (χ2v) is 7.04. The van der Waals surface area contributed by atoms with Gasteiger partial charge in [-0.3, -0.25) is 9.78 Å². The maximum atomic E-state index is 13.9. The molecular weight excluding hydrogens is 377 g/mol. The minimum absolute atomic E-state index is 0.0275. The van der Waals surface area contributed by atoms with E-state index in [4.69, 9.17) is 4.74 Å².